The number of aryl methyl sites for hydroxylation is 2. The van der Waals surface area contributed by atoms with Crippen molar-refractivity contribution in [2.24, 2.45) is 0 Å². The first-order chi connectivity index (χ1) is 8.15. The lowest BCUT2D eigenvalue weighted by Gasteiger charge is -2.08. The lowest BCUT2D eigenvalue weighted by molar-refractivity contribution is 0.298. The first-order valence-electron chi connectivity index (χ1n) is 5.46. The van der Waals surface area contributed by atoms with Crippen LogP contribution in [-0.4, -0.2) is 4.98 Å². The molecular formula is C14H14FNO. The van der Waals surface area contributed by atoms with Gasteiger partial charge < -0.3 is 4.74 Å². The minimum atomic E-state index is -0.247. The first kappa shape index (κ1) is 11.6. The van der Waals surface area contributed by atoms with Gasteiger partial charge in [0, 0.05) is 5.69 Å². The summed E-state index contributed by atoms with van der Waals surface area (Å²) < 4.78 is 18.5. The van der Waals surface area contributed by atoms with Crippen LogP contribution in [0.1, 0.15) is 17.0 Å². The van der Waals surface area contributed by atoms with Gasteiger partial charge in [0.1, 0.15) is 18.2 Å². The highest BCUT2D eigenvalue weighted by Crippen LogP contribution is 2.19. The van der Waals surface area contributed by atoms with E-state index in [1.165, 1.54) is 12.1 Å². The summed E-state index contributed by atoms with van der Waals surface area (Å²) in [5.41, 5.74) is 2.62. The summed E-state index contributed by atoms with van der Waals surface area (Å²) in [4.78, 5) is 4.34. The number of halogens is 1. The van der Waals surface area contributed by atoms with Crippen LogP contribution in [0.5, 0.6) is 5.75 Å². The van der Waals surface area contributed by atoms with Crippen molar-refractivity contribution in [2.45, 2.75) is 20.5 Å². The van der Waals surface area contributed by atoms with Gasteiger partial charge in [-0.1, -0.05) is 6.07 Å². The van der Waals surface area contributed by atoms with Crippen molar-refractivity contribution in [3.63, 3.8) is 0 Å². The largest absolute Gasteiger partial charge is 0.487 e. The van der Waals surface area contributed by atoms with Gasteiger partial charge in [-0.25, -0.2) is 4.39 Å². The molecule has 88 valence electrons. The van der Waals surface area contributed by atoms with Crippen LogP contribution in [0.15, 0.2) is 36.4 Å². The van der Waals surface area contributed by atoms with E-state index in [9.17, 15) is 4.39 Å². The zero-order valence-electron chi connectivity index (χ0n) is 9.90. The standard InChI is InChI=1S/C14H14FNO/c1-10-8-12(15)6-7-14(10)17-9-13-5-3-4-11(2)16-13/h3-8H,9H2,1-2H3. The second-order valence-corrected chi connectivity index (χ2v) is 3.97. The molecule has 1 aromatic heterocycles. The maximum atomic E-state index is 12.9. The predicted octanol–water partition coefficient (Wildman–Crippen LogP) is 3.42. The van der Waals surface area contributed by atoms with Crippen LogP contribution >= 0.6 is 0 Å². The highest BCUT2D eigenvalue weighted by atomic mass is 19.1. The second kappa shape index (κ2) is 4.95. The van der Waals surface area contributed by atoms with Crippen molar-refractivity contribution in [1.82, 2.24) is 4.98 Å². The molecule has 0 atom stereocenters. The van der Waals surface area contributed by atoms with E-state index in [0.29, 0.717) is 12.4 Å². The Morgan fingerprint density at radius 2 is 2.00 bits per heavy atom. The van der Waals surface area contributed by atoms with Crippen LogP contribution in [-0.2, 0) is 6.61 Å². The third-order valence-electron chi connectivity index (χ3n) is 2.46. The lowest BCUT2D eigenvalue weighted by atomic mass is 10.2. The second-order valence-electron chi connectivity index (χ2n) is 3.97. The summed E-state index contributed by atoms with van der Waals surface area (Å²) in [6, 6.07) is 10.3. The molecule has 0 aliphatic rings. The molecule has 0 amide bonds. The van der Waals surface area contributed by atoms with Crippen LogP contribution in [0.4, 0.5) is 4.39 Å². The molecule has 0 N–H and O–H groups in total. The highest BCUT2D eigenvalue weighted by molar-refractivity contribution is 5.32. The predicted molar refractivity (Wildman–Crippen MR) is 64.4 cm³/mol. The number of rotatable bonds is 3. The van der Waals surface area contributed by atoms with E-state index in [-0.39, 0.29) is 5.82 Å². The fraction of sp³-hybridized carbons (Fsp3) is 0.214. The molecule has 2 rings (SSSR count). The van der Waals surface area contributed by atoms with E-state index >= 15 is 0 Å². The number of benzene rings is 1. The molecule has 0 unspecified atom stereocenters. The van der Waals surface area contributed by atoms with Gasteiger partial charge in [0.2, 0.25) is 0 Å². The van der Waals surface area contributed by atoms with Crippen molar-refractivity contribution in [3.05, 3.63) is 59.2 Å². The first-order valence-corrected chi connectivity index (χ1v) is 5.46. The van der Waals surface area contributed by atoms with Gasteiger partial charge in [0.15, 0.2) is 0 Å². The average molecular weight is 231 g/mol. The van der Waals surface area contributed by atoms with Crippen LogP contribution in [0, 0.1) is 19.7 Å². The summed E-state index contributed by atoms with van der Waals surface area (Å²) >= 11 is 0. The monoisotopic (exact) mass is 231 g/mol. The molecule has 1 aromatic carbocycles. The fourth-order valence-electron chi connectivity index (χ4n) is 1.61. The Morgan fingerprint density at radius 3 is 2.71 bits per heavy atom. The SMILES string of the molecule is Cc1cccc(COc2ccc(F)cc2C)n1. The van der Waals surface area contributed by atoms with E-state index in [2.05, 4.69) is 4.98 Å². The molecule has 3 heteroatoms. The minimum absolute atomic E-state index is 0.247. The Labute approximate surface area is 100 Å². The number of hydrogen-bond donors (Lipinski definition) is 0. The van der Waals surface area contributed by atoms with Gasteiger partial charge in [0.25, 0.3) is 0 Å². The smallest absolute Gasteiger partial charge is 0.130 e. The topological polar surface area (TPSA) is 22.1 Å². The van der Waals surface area contributed by atoms with Gasteiger partial charge in [0.05, 0.1) is 5.69 Å². The zero-order chi connectivity index (χ0) is 12.3. The van der Waals surface area contributed by atoms with E-state index in [1.54, 1.807) is 6.07 Å². The molecule has 17 heavy (non-hydrogen) atoms. The summed E-state index contributed by atoms with van der Waals surface area (Å²) in [5.74, 6) is 0.443. The fourth-order valence-corrected chi connectivity index (χ4v) is 1.61. The van der Waals surface area contributed by atoms with Crippen LogP contribution < -0.4 is 4.74 Å². The van der Waals surface area contributed by atoms with Crippen LogP contribution in [0.25, 0.3) is 0 Å². The van der Waals surface area contributed by atoms with Gasteiger partial charge in [-0.15, -0.1) is 0 Å². The molecule has 0 fully saturated rings. The maximum absolute atomic E-state index is 12.9. The third kappa shape index (κ3) is 3.03. The Kier molecular flexibility index (Phi) is 3.38. The van der Waals surface area contributed by atoms with Crippen molar-refractivity contribution in [2.75, 3.05) is 0 Å². The summed E-state index contributed by atoms with van der Waals surface area (Å²) in [5, 5.41) is 0. The minimum Gasteiger partial charge on any atom is -0.487 e. The van der Waals surface area contributed by atoms with Crippen LogP contribution in [0.2, 0.25) is 0 Å². The summed E-state index contributed by atoms with van der Waals surface area (Å²) in [7, 11) is 0. The van der Waals surface area contributed by atoms with Crippen molar-refractivity contribution in [3.8, 4) is 5.75 Å². The third-order valence-corrected chi connectivity index (χ3v) is 2.46. The molecule has 2 nitrogen and oxygen atoms in total. The number of ether oxygens (including phenoxy) is 1. The van der Waals surface area contributed by atoms with Gasteiger partial charge >= 0.3 is 0 Å². The van der Waals surface area contributed by atoms with Gasteiger partial charge in [-0.2, -0.15) is 0 Å². The molecule has 1 heterocycles. The van der Waals surface area contributed by atoms with Crippen LogP contribution in [0.3, 0.4) is 0 Å². The van der Waals surface area contributed by atoms with Crippen molar-refractivity contribution in [1.29, 1.82) is 0 Å². The summed E-state index contributed by atoms with van der Waals surface area (Å²) in [6.07, 6.45) is 0. The molecule has 0 radical (unpaired) electrons. The quantitative estimate of drug-likeness (QED) is 0.807. The van der Waals surface area contributed by atoms with E-state index < -0.39 is 0 Å². The molecule has 0 aliphatic heterocycles. The Morgan fingerprint density at radius 1 is 1.18 bits per heavy atom. The zero-order valence-corrected chi connectivity index (χ0v) is 9.90. The molecule has 0 saturated carbocycles. The molecule has 0 saturated heterocycles. The van der Waals surface area contributed by atoms with E-state index in [4.69, 9.17) is 4.74 Å². The normalized spacial score (nSPS) is 10.3. The molecular weight excluding hydrogens is 217 g/mol. The van der Waals surface area contributed by atoms with Gasteiger partial charge in [-0.3, -0.25) is 4.98 Å². The number of hydrogen-bond acceptors (Lipinski definition) is 2. The Balaban J connectivity index is 2.07. The number of pyridine rings is 1. The van der Waals surface area contributed by atoms with Crippen molar-refractivity contribution < 1.29 is 9.13 Å². The molecule has 0 aliphatic carbocycles. The molecule has 0 spiro atoms. The Bertz CT molecular complexity index is 525. The van der Waals surface area contributed by atoms with Crippen molar-refractivity contribution >= 4 is 0 Å². The van der Waals surface area contributed by atoms with Gasteiger partial charge in [-0.05, 0) is 49.7 Å². The molecule has 0 bridgehead atoms. The average Bonchev–Trinajstić information content (AvgIpc) is 2.28. The summed E-state index contributed by atoms with van der Waals surface area (Å²) in [6.45, 7) is 4.16. The maximum Gasteiger partial charge on any atom is 0.130 e. The lowest BCUT2D eigenvalue weighted by Crippen LogP contribution is -2.00. The van der Waals surface area contributed by atoms with E-state index in [0.717, 1.165) is 17.0 Å². The number of aromatic nitrogens is 1. The highest BCUT2D eigenvalue weighted by Gasteiger charge is 2.02. The Hall–Kier alpha value is -1.90. The molecule has 2 aromatic rings. The number of nitrogens with zero attached hydrogens (tertiary/aromatic N) is 1. The van der Waals surface area contributed by atoms with E-state index in [1.807, 2.05) is 32.0 Å².